The second-order valence-electron chi connectivity index (χ2n) is 13.1. The summed E-state index contributed by atoms with van der Waals surface area (Å²) in [4.78, 5) is 0. The Morgan fingerprint density at radius 1 is 0.909 bits per heavy atom. The van der Waals surface area contributed by atoms with Crippen LogP contribution >= 0.6 is 0 Å². The fourth-order valence-corrected chi connectivity index (χ4v) is 28.1. The summed E-state index contributed by atoms with van der Waals surface area (Å²) in [7, 11) is -1.96. The van der Waals surface area contributed by atoms with Gasteiger partial charge in [-0.1, -0.05) is 0 Å². The Balaban J connectivity index is 2.67. The van der Waals surface area contributed by atoms with E-state index in [0.717, 1.165) is 22.2 Å². The number of unbranched alkanes of at least 4 members (excludes halogenated alkanes) is 3. The van der Waals surface area contributed by atoms with Gasteiger partial charge >= 0.3 is 214 Å². The van der Waals surface area contributed by atoms with Crippen molar-refractivity contribution in [1.29, 1.82) is 0 Å². The Kier molecular flexibility index (Phi) is 11.9. The average Bonchev–Trinajstić information content (AvgIpc) is 2.77. The van der Waals surface area contributed by atoms with Crippen LogP contribution in [0.2, 0.25) is 35.4 Å². The first-order valence-electron chi connectivity index (χ1n) is 14.6. The Bertz CT molecular complexity index is 600. The van der Waals surface area contributed by atoms with Gasteiger partial charge in [0.25, 0.3) is 0 Å². The van der Waals surface area contributed by atoms with Gasteiger partial charge in [0.1, 0.15) is 0 Å². The molecule has 2 aliphatic rings. The third-order valence-corrected chi connectivity index (χ3v) is 31.3. The molecule has 2 rings (SSSR count). The third-order valence-electron chi connectivity index (χ3n) is 9.64. The number of fused-ring (bicyclic) bond motifs is 1. The molecule has 0 aromatic rings. The Hall–Kier alpha value is 0.516. The summed E-state index contributed by atoms with van der Waals surface area (Å²) >= 11 is -2.62. The molecule has 33 heavy (non-hydrogen) atoms. The molecular weight excluding hydrogens is 527 g/mol. The zero-order chi connectivity index (χ0) is 24.7. The molecule has 0 bridgehead atoms. The van der Waals surface area contributed by atoms with E-state index in [9.17, 15) is 5.11 Å². The molecule has 0 aliphatic heterocycles. The van der Waals surface area contributed by atoms with E-state index in [1.807, 2.05) is 0 Å². The minimum atomic E-state index is -2.62. The van der Waals surface area contributed by atoms with Crippen LogP contribution in [-0.4, -0.2) is 38.4 Å². The van der Waals surface area contributed by atoms with E-state index >= 15 is 0 Å². The van der Waals surface area contributed by atoms with Crippen LogP contribution < -0.4 is 0 Å². The van der Waals surface area contributed by atoms with E-state index in [0.29, 0.717) is 0 Å². The van der Waals surface area contributed by atoms with E-state index < -0.39 is 26.7 Å². The van der Waals surface area contributed by atoms with Gasteiger partial charge in [0.2, 0.25) is 0 Å². The van der Waals surface area contributed by atoms with E-state index in [-0.39, 0.29) is 11.6 Å². The second kappa shape index (κ2) is 13.2. The monoisotopic (exact) mass is 586 g/mol. The van der Waals surface area contributed by atoms with Crippen LogP contribution in [-0.2, 0) is 4.43 Å². The molecule has 0 spiro atoms. The summed E-state index contributed by atoms with van der Waals surface area (Å²) in [5.41, 5.74) is 1.32. The van der Waals surface area contributed by atoms with Crippen LogP contribution in [0.5, 0.6) is 0 Å². The predicted molar refractivity (Wildman–Crippen MR) is 151 cm³/mol. The van der Waals surface area contributed by atoms with Crippen LogP contribution in [0.3, 0.4) is 0 Å². The summed E-state index contributed by atoms with van der Waals surface area (Å²) in [6.45, 7) is 19.4. The Morgan fingerprint density at radius 2 is 1.42 bits per heavy atom. The van der Waals surface area contributed by atoms with Crippen molar-refractivity contribution < 1.29 is 9.53 Å². The Labute approximate surface area is 212 Å². The summed E-state index contributed by atoms with van der Waals surface area (Å²) < 4.78 is 12.7. The van der Waals surface area contributed by atoms with Gasteiger partial charge in [-0.2, -0.15) is 0 Å². The number of hydrogen-bond donors (Lipinski definition) is 1. The van der Waals surface area contributed by atoms with Crippen LogP contribution in [0, 0.1) is 11.8 Å². The first-order valence-corrected chi connectivity index (χ1v) is 25.2. The third kappa shape index (κ3) is 7.27. The number of aliphatic hydroxyl groups excluding tert-OH is 1. The van der Waals surface area contributed by atoms with Crippen molar-refractivity contribution in [3.05, 3.63) is 11.3 Å². The van der Waals surface area contributed by atoms with Crippen molar-refractivity contribution in [3.63, 3.8) is 0 Å². The predicted octanol–water partition coefficient (Wildman–Crippen LogP) is 9.68. The van der Waals surface area contributed by atoms with Crippen LogP contribution in [0.25, 0.3) is 0 Å². The van der Waals surface area contributed by atoms with E-state index in [4.69, 9.17) is 4.43 Å². The van der Waals surface area contributed by atoms with Crippen LogP contribution in [0.4, 0.5) is 0 Å². The molecule has 3 atom stereocenters. The van der Waals surface area contributed by atoms with Gasteiger partial charge in [-0.25, -0.2) is 0 Å². The van der Waals surface area contributed by atoms with Crippen molar-refractivity contribution >= 4 is 26.7 Å². The number of hydrogen-bond acceptors (Lipinski definition) is 2. The van der Waals surface area contributed by atoms with Crippen molar-refractivity contribution in [2.45, 2.75) is 148 Å². The van der Waals surface area contributed by atoms with Crippen LogP contribution in [0.1, 0.15) is 112 Å². The minimum absolute atomic E-state index is 0.197. The van der Waals surface area contributed by atoms with E-state index in [1.165, 1.54) is 75.5 Å². The van der Waals surface area contributed by atoms with Crippen molar-refractivity contribution in [1.82, 2.24) is 0 Å². The molecule has 0 aromatic carbocycles. The van der Waals surface area contributed by atoms with Gasteiger partial charge < -0.3 is 0 Å². The van der Waals surface area contributed by atoms with Crippen molar-refractivity contribution in [2.24, 2.45) is 11.8 Å². The SMILES string of the molecule is CCC[CH2][Sn]([CH2]CCC)([CH2]CCC)[CH]1C(O[Si](C)(C)C(C)(C)C)=C(CO)CC2CCCCC21. The molecule has 0 radical (unpaired) electrons. The van der Waals surface area contributed by atoms with Crippen molar-refractivity contribution in [3.8, 4) is 0 Å². The maximum atomic E-state index is 10.7. The molecule has 0 saturated heterocycles. The quantitative estimate of drug-likeness (QED) is 0.218. The second-order valence-corrected chi connectivity index (χ2v) is 31.6. The first-order chi connectivity index (χ1) is 15.6. The standard InChI is InChI=1S/C17H31O2Si.3C4H9.Sn/c1-17(2,3)20(4,5)19-16-11-14-9-7-6-8-13(14)10-15(16)12-18;3*1-3-4-2;/h11,13-14,18H,6-10,12H2,1-5H3;3*1,3-4H2,2H3;. The first kappa shape index (κ1) is 29.7. The molecule has 0 aromatic heterocycles. The van der Waals surface area contributed by atoms with E-state index in [2.05, 4.69) is 54.6 Å². The van der Waals surface area contributed by atoms with Gasteiger partial charge in [-0.3, -0.25) is 0 Å². The zero-order valence-electron chi connectivity index (χ0n) is 23.7. The molecule has 4 heteroatoms. The average molecular weight is 586 g/mol. The number of aliphatic hydroxyl groups is 1. The maximum absolute atomic E-state index is 10.7. The molecule has 0 heterocycles. The van der Waals surface area contributed by atoms with Crippen LogP contribution in [0.15, 0.2) is 11.3 Å². The van der Waals surface area contributed by atoms with E-state index in [1.54, 1.807) is 13.3 Å². The molecular formula is C29H58O2SiSn. The molecule has 2 aliphatic carbocycles. The summed E-state index contributed by atoms with van der Waals surface area (Å²) in [5, 5.41) is 10.9. The fourth-order valence-electron chi connectivity index (χ4n) is 6.63. The molecule has 0 amide bonds. The topological polar surface area (TPSA) is 29.5 Å². The van der Waals surface area contributed by atoms with Crippen molar-refractivity contribution in [2.75, 3.05) is 6.61 Å². The molecule has 194 valence electrons. The summed E-state index contributed by atoms with van der Waals surface area (Å²) in [6.07, 6.45) is 14.9. The van der Waals surface area contributed by atoms with Gasteiger partial charge in [-0.15, -0.1) is 0 Å². The van der Waals surface area contributed by atoms with Gasteiger partial charge in [-0.05, 0) is 0 Å². The number of allylic oxidation sites excluding steroid dienone is 1. The zero-order valence-corrected chi connectivity index (χ0v) is 27.5. The molecule has 1 saturated carbocycles. The molecule has 2 nitrogen and oxygen atoms in total. The normalized spacial score (nSPS) is 24.7. The summed E-state index contributed by atoms with van der Waals surface area (Å²) in [6, 6.07) is 0. The molecule has 1 N–H and O–H groups in total. The van der Waals surface area contributed by atoms with Gasteiger partial charge in [0.15, 0.2) is 0 Å². The molecule has 3 unspecified atom stereocenters. The Morgan fingerprint density at radius 3 is 1.88 bits per heavy atom. The van der Waals surface area contributed by atoms with Gasteiger partial charge in [0, 0.05) is 0 Å². The fraction of sp³-hybridized carbons (Fsp3) is 0.931. The number of rotatable bonds is 13. The molecule has 1 fully saturated rings. The van der Waals surface area contributed by atoms with Gasteiger partial charge in [0.05, 0.1) is 0 Å². The summed E-state index contributed by atoms with van der Waals surface area (Å²) in [5.74, 6) is 3.03.